The fourth-order valence-corrected chi connectivity index (χ4v) is 27.0. The van der Waals surface area contributed by atoms with Crippen LogP contribution in [0.4, 0.5) is 0 Å². The molecule has 19 aromatic carbocycles. The summed E-state index contributed by atoms with van der Waals surface area (Å²) < 4.78 is 10.3. The number of nitrogens with zero attached hydrogens (tertiary/aromatic N) is 9. The van der Waals surface area contributed by atoms with E-state index in [0.29, 0.717) is 0 Å². The summed E-state index contributed by atoms with van der Waals surface area (Å²) in [5, 5.41) is 24.9. The molecule has 0 saturated heterocycles. The van der Waals surface area contributed by atoms with Crippen LogP contribution in [0.5, 0.6) is 0 Å². The van der Waals surface area contributed by atoms with E-state index in [1.54, 1.807) is 0 Å². The molecule has 696 valence electrons. The number of rotatable bonds is 10. The molecule has 0 saturated carbocycles. The zero-order chi connectivity index (χ0) is 98.5. The molecule has 0 N–H and O–H groups in total. The fraction of sp³-hybridized carbons (Fsp3) is 0. The molecule has 0 unspecified atom stereocenters. The van der Waals surface area contributed by atoms with E-state index in [1.165, 1.54) is 124 Å². The molecule has 32 aromatic rings. The number of benzene rings is 19. The largest absolute Gasteiger partial charge is 0.247 e. The van der Waals surface area contributed by atoms with Crippen molar-refractivity contribution in [3.63, 3.8) is 0 Å². The normalized spacial score (nSPS) is 11.9. The highest BCUT2D eigenvalue weighted by molar-refractivity contribution is 7.28. The molecule has 0 spiro atoms. The topological polar surface area (TPSA) is 116 Å². The Morgan fingerprint density at radius 2 is 0.407 bits per heavy atom. The van der Waals surface area contributed by atoms with Crippen molar-refractivity contribution in [3.8, 4) is 112 Å². The molecule has 0 aliphatic rings. The first-order valence-corrected chi connectivity index (χ1v) is 53.6. The molecule has 0 radical (unpaired) electrons. The summed E-state index contributed by atoms with van der Waals surface area (Å²) in [4.78, 5) is 47.3. The summed E-state index contributed by atoms with van der Waals surface area (Å²) in [7, 11) is 0. The van der Waals surface area contributed by atoms with Gasteiger partial charge in [0.1, 0.15) is 0 Å². The van der Waals surface area contributed by atoms with Crippen molar-refractivity contribution in [3.05, 3.63) is 479 Å². The van der Waals surface area contributed by atoms with E-state index >= 15 is 0 Å². The lowest BCUT2D eigenvalue weighted by Gasteiger charge is -2.13. The van der Waals surface area contributed by atoms with Gasteiger partial charge in [-0.3, -0.25) is 0 Å². The van der Waals surface area contributed by atoms with E-state index in [4.69, 9.17) is 44.9 Å². The van der Waals surface area contributed by atoms with Crippen LogP contribution in [0.1, 0.15) is 0 Å². The van der Waals surface area contributed by atoms with E-state index in [-0.39, 0.29) is 0 Å². The molecule has 0 fully saturated rings. The van der Waals surface area contributed by atoms with Crippen molar-refractivity contribution in [1.29, 1.82) is 0 Å². The highest BCUT2D eigenvalue weighted by Gasteiger charge is 2.26. The third-order valence-electron chi connectivity index (χ3n) is 29.5. The SMILES string of the molecule is c1ccc(-c2ccc3ccc4ccc(-c5ccc(-c6nc7c(-c8cccc9c8sc8ccccc89)cccc7c7sc8ccccc8c67)cc5)nc4c3n2)cc1.c1ccc(-c2ccc3ccc4ccc(-c5ccc(-c6nc7c8ccccc8ccc7c7sc8ccccc8c67)cc5)nc4c3n2)cc1.c1ccc(-c2ccc3ccc4ccc(-c5ccc(-c6nc7cc8ccccc8cc7c7sc8ccccc8c67)cc5)nc4c3n2)cc1. The average Bonchev–Trinajstić information content (AvgIpc) is 1.56. The van der Waals surface area contributed by atoms with Gasteiger partial charge in [0.15, 0.2) is 0 Å². The average molecular weight is 1980 g/mol. The first-order valence-electron chi connectivity index (χ1n) is 50.3. The number of fused-ring (bicyclic) bond motifs is 30. The van der Waals surface area contributed by atoms with Crippen molar-refractivity contribution in [1.82, 2.24) is 44.9 Å². The summed E-state index contributed by atoms with van der Waals surface area (Å²) in [6.07, 6.45) is 0. The first-order chi connectivity index (χ1) is 74.3. The molecule has 13 aromatic heterocycles. The standard InChI is InChI=1S/C51H29N3S2.2C43H25N3S/c1-2-10-30(11-3-1)41-28-26-33-24-25-34-27-29-42(53-48(34)47(33)52-41)31-20-22-32(23-21-31)46-45-39-13-5-7-19-44(39)56-51(45)40-17-8-14-36(49(40)54-46)38-16-9-15-37-35-12-4-6-18-43(35)55-50(37)38;1-2-9-27(10-3-1)35-24-21-30-18-19-31-22-25-36(45-41(31)40(30)44-35)28-14-16-29(17-15-28)39-38-33-12-6-7-13-37(33)47-43(38)34-23-20-26-8-4-5-11-32(26)42(34)46-39;1-2-8-26(9-3-1)35-22-20-29-18-19-30-21-23-36(45-42(30)41(29)44-35)27-14-16-28(17-15-27)40-39-33-12-6-7-13-38(33)47-43(39)34-24-31-10-4-5-11-32(31)25-37(34)46-40/h1-29H;2*1-25H. The monoisotopic (exact) mass is 1980 g/mol. The number of para-hydroxylation sites is 1. The van der Waals surface area contributed by atoms with E-state index in [2.05, 4.69) is 437 Å². The minimum Gasteiger partial charge on any atom is -0.247 e. The lowest BCUT2D eigenvalue weighted by Crippen LogP contribution is -1.92. The van der Waals surface area contributed by atoms with E-state index < -0.39 is 0 Å². The van der Waals surface area contributed by atoms with Crippen molar-refractivity contribution >= 4 is 246 Å². The molecular formula is C137H79N9S4. The summed E-state index contributed by atoms with van der Waals surface area (Å²) in [6, 6.07) is 170. The lowest BCUT2D eigenvalue weighted by atomic mass is 9.97. The third kappa shape index (κ3) is 14.8. The van der Waals surface area contributed by atoms with Crippen LogP contribution in [0, 0.1) is 0 Å². The Morgan fingerprint density at radius 3 is 0.813 bits per heavy atom. The maximum absolute atomic E-state index is 5.63. The maximum Gasteiger partial charge on any atom is 0.0972 e. The summed E-state index contributed by atoms with van der Waals surface area (Å²) >= 11 is 7.43. The van der Waals surface area contributed by atoms with Crippen LogP contribution < -0.4 is 0 Å². The molecule has 0 amide bonds. The van der Waals surface area contributed by atoms with Gasteiger partial charge in [0.2, 0.25) is 0 Å². The zero-order valence-electron chi connectivity index (χ0n) is 80.3. The van der Waals surface area contributed by atoms with Gasteiger partial charge in [-0.25, -0.2) is 44.9 Å². The van der Waals surface area contributed by atoms with Crippen molar-refractivity contribution in [2.45, 2.75) is 0 Å². The maximum atomic E-state index is 5.63. The second-order valence-corrected chi connectivity index (χ2v) is 42.5. The second-order valence-electron chi connectivity index (χ2n) is 38.3. The molecule has 32 rings (SSSR count). The molecular weight excluding hydrogens is 1900 g/mol. The van der Waals surface area contributed by atoms with Gasteiger partial charge >= 0.3 is 0 Å². The Kier molecular flexibility index (Phi) is 20.6. The molecule has 13 heterocycles. The predicted molar refractivity (Wildman–Crippen MR) is 638 cm³/mol. The molecule has 0 aliphatic heterocycles. The number of thiophene rings is 4. The van der Waals surface area contributed by atoms with Crippen LogP contribution in [0.25, 0.3) is 313 Å². The van der Waals surface area contributed by atoms with Gasteiger partial charge in [0.25, 0.3) is 0 Å². The second kappa shape index (κ2) is 35.6. The third-order valence-corrected chi connectivity index (χ3v) is 34.4. The summed E-state index contributed by atoms with van der Waals surface area (Å²) in [5.74, 6) is 0. The van der Waals surface area contributed by atoms with E-state index in [9.17, 15) is 0 Å². The van der Waals surface area contributed by atoms with Gasteiger partial charge in [0, 0.05) is 196 Å². The summed E-state index contributed by atoms with van der Waals surface area (Å²) in [5.41, 5.74) is 29.3. The minimum absolute atomic E-state index is 0.908. The van der Waals surface area contributed by atoms with Gasteiger partial charge in [-0.1, -0.05) is 406 Å². The molecule has 13 heteroatoms. The smallest absolute Gasteiger partial charge is 0.0972 e. The van der Waals surface area contributed by atoms with Crippen LogP contribution in [0.15, 0.2) is 479 Å². The predicted octanol–water partition coefficient (Wildman–Crippen LogP) is 38.4. The highest BCUT2D eigenvalue weighted by atomic mass is 32.1. The van der Waals surface area contributed by atoms with Gasteiger partial charge in [-0.05, 0) is 89.0 Å². The quantitative estimate of drug-likeness (QED) is 0.0975. The van der Waals surface area contributed by atoms with Gasteiger partial charge in [-0.2, -0.15) is 0 Å². The van der Waals surface area contributed by atoms with Crippen LogP contribution in [-0.4, -0.2) is 44.9 Å². The van der Waals surface area contributed by atoms with Crippen LogP contribution in [0.3, 0.4) is 0 Å². The molecule has 150 heavy (non-hydrogen) atoms. The van der Waals surface area contributed by atoms with Crippen LogP contribution in [0.2, 0.25) is 0 Å². The Labute approximate surface area is 875 Å². The molecule has 0 atom stereocenters. The molecule has 9 nitrogen and oxygen atoms in total. The Morgan fingerprint density at radius 1 is 0.133 bits per heavy atom. The highest BCUT2D eigenvalue weighted by Crippen LogP contribution is 2.51. The van der Waals surface area contributed by atoms with Crippen molar-refractivity contribution in [2.24, 2.45) is 0 Å². The fourth-order valence-electron chi connectivity index (χ4n) is 22.1. The van der Waals surface area contributed by atoms with Crippen molar-refractivity contribution in [2.75, 3.05) is 0 Å². The number of aromatic nitrogens is 9. The van der Waals surface area contributed by atoms with Crippen LogP contribution in [-0.2, 0) is 0 Å². The van der Waals surface area contributed by atoms with E-state index in [0.717, 1.165) is 189 Å². The molecule has 0 bridgehead atoms. The lowest BCUT2D eigenvalue weighted by molar-refractivity contribution is 1.36. The summed E-state index contributed by atoms with van der Waals surface area (Å²) in [6.45, 7) is 0. The first kappa shape index (κ1) is 86.7. The van der Waals surface area contributed by atoms with Gasteiger partial charge in [0.05, 0.1) is 101 Å². The number of pyridine rings is 9. The Balaban J connectivity index is 0.000000104. The van der Waals surface area contributed by atoms with Crippen molar-refractivity contribution < 1.29 is 0 Å². The zero-order valence-corrected chi connectivity index (χ0v) is 83.5. The minimum atomic E-state index is 0.908. The molecule has 0 aliphatic carbocycles. The number of hydrogen-bond acceptors (Lipinski definition) is 13. The van der Waals surface area contributed by atoms with E-state index in [1.807, 2.05) is 87.8 Å². The number of hydrogen-bond donors (Lipinski definition) is 0. The van der Waals surface area contributed by atoms with Gasteiger partial charge in [-0.15, -0.1) is 45.3 Å². The Hall–Kier alpha value is -18.7. The van der Waals surface area contributed by atoms with Gasteiger partial charge < -0.3 is 0 Å². The van der Waals surface area contributed by atoms with Crippen LogP contribution >= 0.6 is 45.3 Å². The Bertz CT molecular complexity index is 11100.